The molecule has 102 valence electrons. The molecule has 0 aliphatic carbocycles. The fourth-order valence-electron chi connectivity index (χ4n) is 2.61. The Morgan fingerprint density at radius 2 is 1.19 bits per heavy atom. The number of rotatable bonds is 4. The van der Waals surface area contributed by atoms with Gasteiger partial charge in [-0.3, -0.25) is 0 Å². The molecule has 21 heavy (non-hydrogen) atoms. The van der Waals surface area contributed by atoms with Gasteiger partial charge in [-0.25, -0.2) is 0 Å². The summed E-state index contributed by atoms with van der Waals surface area (Å²) in [5.74, 6) is 0. The summed E-state index contributed by atoms with van der Waals surface area (Å²) >= 11 is 0. The Labute approximate surface area is 126 Å². The highest BCUT2D eigenvalue weighted by atomic mass is 14.1. The fourth-order valence-corrected chi connectivity index (χ4v) is 2.61. The van der Waals surface area contributed by atoms with Gasteiger partial charge in [0.1, 0.15) is 0 Å². The van der Waals surface area contributed by atoms with Crippen LogP contribution in [0.15, 0.2) is 91.5 Å². The van der Waals surface area contributed by atoms with Gasteiger partial charge in [0.05, 0.1) is 0 Å². The molecule has 3 aromatic carbocycles. The van der Waals surface area contributed by atoms with E-state index in [9.17, 15) is 0 Å². The van der Waals surface area contributed by atoms with Crippen molar-refractivity contribution < 1.29 is 0 Å². The van der Waals surface area contributed by atoms with Crippen molar-refractivity contribution in [2.24, 2.45) is 0 Å². The molecule has 0 aliphatic heterocycles. The SMILES string of the molecule is C=CCc1ccccc1-c1ccc(-c2ccccc2)cc1. The van der Waals surface area contributed by atoms with Crippen molar-refractivity contribution in [3.63, 3.8) is 0 Å². The molecule has 0 heteroatoms. The number of hydrogen-bond acceptors (Lipinski definition) is 0. The Kier molecular flexibility index (Phi) is 3.97. The smallest absolute Gasteiger partial charge is 0.00940 e. The predicted molar refractivity (Wildman–Crippen MR) is 91.2 cm³/mol. The highest BCUT2D eigenvalue weighted by Crippen LogP contribution is 2.27. The second-order valence-corrected chi connectivity index (χ2v) is 5.09. The summed E-state index contributed by atoms with van der Waals surface area (Å²) in [5, 5.41) is 0. The largest absolute Gasteiger partial charge is 0.103 e. The van der Waals surface area contributed by atoms with E-state index >= 15 is 0 Å². The van der Waals surface area contributed by atoms with Crippen LogP contribution in [0.2, 0.25) is 0 Å². The van der Waals surface area contributed by atoms with E-state index < -0.39 is 0 Å². The van der Waals surface area contributed by atoms with E-state index in [1.54, 1.807) is 0 Å². The van der Waals surface area contributed by atoms with Crippen molar-refractivity contribution in [3.05, 3.63) is 97.1 Å². The minimum Gasteiger partial charge on any atom is -0.103 e. The molecule has 0 atom stereocenters. The third kappa shape index (κ3) is 2.95. The number of allylic oxidation sites excluding steroid dienone is 1. The molecule has 0 heterocycles. The molecule has 0 unspecified atom stereocenters. The Balaban J connectivity index is 1.96. The van der Waals surface area contributed by atoms with Crippen LogP contribution in [0, 0.1) is 0 Å². The molecule has 0 aliphatic rings. The molecule has 3 aromatic rings. The molecule has 0 amide bonds. The maximum atomic E-state index is 3.84. The van der Waals surface area contributed by atoms with Crippen LogP contribution >= 0.6 is 0 Å². The molecule has 0 fully saturated rings. The highest BCUT2D eigenvalue weighted by molar-refractivity contribution is 5.72. The fraction of sp³-hybridized carbons (Fsp3) is 0.0476. The Bertz CT molecular complexity index is 722. The number of benzene rings is 3. The van der Waals surface area contributed by atoms with Crippen LogP contribution in [0.3, 0.4) is 0 Å². The summed E-state index contributed by atoms with van der Waals surface area (Å²) in [6.07, 6.45) is 2.85. The van der Waals surface area contributed by atoms with Gasteiger partial charge in [0, 0.05) is 0 Å². The van der Waals surface area contributed by atoms with Gasteiger partial charge in [0.25, 0.3) is 0 Å². The third-order valence-electron chi connectivity index (χ3n) is 3.68. The van der Waals surface area contributed by atoms with E-state index in [0.717, 1.165) is 6.42 Å². The third-order valence-corrected chi connectivity index (χ3v) is 3.68. The molecule has 0 spiro atoms. The molecular formula is C21H18. The molecule has 0 N–H and O–H groups in total. The van der Waals surface area contributed by atoms with Crippen molar-refractivity contribution in [2.75, 3.05) is 0 Å². The minimum atomic E-state index is 0.899. The van der Waals surface area contributed by atoms with E-state index in [1.807, 2.05) is 12.1 Å². The zero-order valence-electron chi connectivity index (χ0n) is 12.0. The topological polar surface area (TPSA) is 0 Å². The van der Waals surface area contributed by atoms with Crippen molar-refractivity contribution in [1.29, 1.82) is 0 Å². The van der Waals surface area contributed by atoms with Gasteiger partial charge in [-0.05, 0) is 34.2 Å². The van der Waals surface area contributed by atoms with Gasteiger partial charge in [0.2, 0.25) is 0 Å². The Hall–Kier alpha value is -2.60. The van der Waals surface area contributed by atoms with E-state index in [0.29, 0.717) is 0 Å². The van der Waals surface area contributed by atoms with Crippen molar-refractivity contribution in [3.8, 4) is 22.3 Å². The summed E-state index contributed by atoms with van der Waals surface area (Å²) in [6.45, 7) is 3.84. The normalized spacial score (nSPS) is 10.3. The van der Waals surface area contributed by atoms with Crippen LogP contribution in [-0.2, 0) is 6.42 Å². The number of hydrogen-bond donors (Lipinski definition) is 0. The van der Waals surface area contributed by atoms with E-state index in [-0.39, 0.29) is 0 Å². The summed E-state index contributed by atoms with van der Waals surface area (Å²) in [7, 11) is 0. The first-order valence-corrected chi connectivity index (χ1v) is 7.23. The average Bonchev–Trinajstić information content (AvgIpc) is 2.57. The van der Waals surface area contributed by atoms with Gasteiger partial charge >= 0.3 is 0 Å². The van der Waals surface area contributed by atoms with Crippen LogP contribution in [0.25, 0.3) is 22.3 Å². The Morgan fingerprint density at radius 3 is 1.90 bits per heavy atom. The molecule has 0 radical (unpaired) electrons. The molecule has 0 bridgehead atoms. The lowest BCUT2D eigenvalue weighted by molar-refractivity contribution is 1.28. The lowest BCUT2D eigenvalue weighted by Gasteiger charge is -2.09. The van der Waals surface area contributed by atoms with Gasteiger partial charge in [-0.15, -0.1) is 6.58 Å². The minimum absolute atomic E-state index is 0.899. The molecule has 0 aromatic heterocycles. The van der Waals surface area contributed by atoms with E-state index in [4.69, 9.17) is 0 Å². The second kappa shape index (κ2) is 6.23. The van der Waals surface area contributed by atoms with Gasteiger partial charge in [0.15, 0.2) is 0 Å². The first-order valence-electron chi connectivity index (χ1n) is 7.23. The van der Waals surface area contributed by atoms with Gasteiger partial charge < -0.3 is 0 Å². The zero-order chi connectivity index (χ0) is 14.5. The molecule has 3 rings (SSSR count). The van der Waals surface area contributed by atoms with Crippen LogP contribution in [0.5, 0.6) is 0 Å². The standard InChI is InChI=1S/C21H18/c1-2-8-19-11-6-7-12-21(19)20-15-13-18(14-16-20)17-9-4-3-5-10-17/h2-7,9-16H,1,8H2. The lowest BCUT2D eigenvalue weighted by Crippen LogP contribution is -1.87. The van der Waals surface area contributed by atoms with Crippen molar-refractivity contribution in [2.45, 2.75) is 6.42 Å². The van der Waals surface area contributed by atoms with Crippen LogP contribution in [0.1, 0.15) is 5.56 Å². The summed E-state index contributed by atoms with van der Waals surface area (Å²) in [5.41, 5.74) is 6.37. The lowest BCUT2D eigenvalue weighted by atomic mass is 9.96. The van der Waals surface area contributed by atoms with Crippen LogP contribution < -0.4 is 0 Å². The van der Waals surface area contributed by atoms with Gasteiger partial charge in [-0.2, -0.15) is 0 Å². The highest BCUT2D eigenvalue weighted by Gasteiger charge is 2.04. The van der Waals surface area contributed by atoms with Crippen molar-refractivity contribution in [1.82, 2.24) is 0 Å². The summed E-state index contributed by atoms with van der Waals surface area (Å²) in [6, 6.07) is 27.8. The molecular weight excluding hydrogens is 252 g/mol. The predicted octanol–water partition coefficient (Wildman–Crippen LogP) is 5.75. The molecule has 0 nitrogen and oxygen atoms in total. The summed E-state index contributed by atoms with van der Waals surface area (Å²) < 4.78 is 0. The van der Waals surface area contributed by atoms with Gasteiger partial charge in [-0.1, -0.05) is 84.9 Å². The Morgan fingerprint density at radius 1 is 0.619 bits per heavy atom. The second-order valence-electron chi connectivity index (χ2n) is 5.09. The van der Waals surface area contributed by atoms with E-state index in [1.165, 1.54) is 27.8 Å². The first-order chi connectivity index (χ1) is 10.4. The average molecular weight is 270 g/mol. The first kappa shape index (κ1) is 13.4. The molecule has 0 saturated heterocycles. The summed E-state index contributed by atoms with van der Waals surface area (Å²) in [4.78, 5) is 0. The quantitative estimate of drug-likeness (QED) is 0.529. The van der Waals surface area contributed by atoms with Crippen LogP contribution in [0.4, 0.5) is 0 Å². The molecule has 0 saturated carbocycles. The maximum Gasteiger partial charge on any atom is -0.00940 e. The monoisotopic (exact) mass is 270 g/mol. The van der Waals surface area contributed by atoms with E-state index in [2.05, 4.69) is 79.4 Å². The van der Waals surface area contributed by atoms with Crippen molar-refractivity contribution >= 4 is 0 Å². The zero-order valence-corrected chi connectivity index (χ0v) is 12.0. The maximum absolute atomic E-state index is 3.84. The van der Waals surface area contributed by atoms with Crippen LogP contribution in [-0.4, -0.2) is 0 Å².